The van der Waals surface area contributed by atoms with Crippen molar-refractivity contribution in [2.75, 3.05) is 27.9 Å². The Morgan fingerprint density at radius 3 is 1.47 bits per heavy atom. The van der Waals surface area contributed by atoms with E-state index in [0.29, 0.717) is 11.1 Å². The number of benzene rings is 6. The number of aliphatic hydroxyl groups is 1. The number of carbonyl (C=O) groups excluding carboxylic acids is 5. The highest BCUT2D eigenvalue weighted by atomic mass is 16.8. The van der Waals surface area contributed by atoms with Gasteiger partial charge in [0.05, 0.1) is 57.9 Å². The van der Waals surface area contributed by atoms with E-state index in [1.54, 1.807) is 110 Å². The van der Waals surface area contributed by atoms with Gasteiger partial charge in [0.2, 0.25) is 0 Å². The van der Waals surface area contributed by atoms with Gasteiger partial charge in [0.15, 0.2) is 49.6 Å². The average Bonchev–Trinajstić information content (AvgIpc) is 0.887. The molecule has 1 amide bonds. The van der Waals surface area contributed by atoms with Gasteiger partial charge in [0.1, 0.15) is 73.6 Å². The molecular formula is C71H76N4O23. The summed E-state index contributed by atoms with van der Waals surface area (Å²) in [5, 5.41) is 18.8. The molecule has 518 valence electrons. The van der Waals surface area contributed by atoms with E-state index < -0.39 is 159 Å². The van der Waals surface area contributed by atoms with Gasteiger partial charge in [-0.15, -0.1) is 0 Å². The molecule has 98 heavy (non-hydrogen) atoms. The fraction of sp³-hybridized carbons (Fsp3) is 0.423. The van der Waals surface area contributed by atoms with Crippen LogP contribution in [0.2, 0.25) is 0 Å². The minimum absolute atomic E-state index is 0.0331. The van der Waals surface area contributed by atoms with Crippen molar-refractivity contribution < 1.29 is 110 Å². The van der Waals surface area contributed by atoms with Crippen LogP contribution in [-0.4, -0.2) is 186 Å². The predicted molar refractivity (Wildman–Crippen MR) is 339 cm³/mol. The fourth-order valence-corrected chi connectivity index (χ4v) is 12.3. The first-order valence-electron chi connectivity index (χ1n) is 31.9. The molecule has 6 aromatic carbocycles. The second kappa shape index (κ2) is 34.2. The smallest absolute Gasteiger partial charge is 0.408 e. The lowest BCUT2D eigenvalue weighted by Gasteiger charge is -2.50. The van der Waals surface area contributed by atoms with E-state index in [2.05, 4.69) is 15.3 Å². The molecule has 8 unspecified atom stereocenters. The molecule has 0 bridgehead atoms. The number of esters is 4. The van der Waals surface area contributed by atoms with Gasteiger partial charge in [-0.2, -0.15) is 0 Å². The van der Waals surface area contributed by atoms with Crippen molar-refractivity contribution >= 4 is 30.0 Å². The molecule has 20 atom stereocenters. The summed E-state index contributed by atoms with van der Waals surface area (Å²) in [6.45, 7) is 0.806. The van der Waals surface area contributed by atoms with Gasteiger partial charge >= 0.3 is 30.0 Å². The van der Waals surface area contributed by atoms with Crippen LogP contribution in [0, 0.1) is 0 Å². The van der Waals surface area contributed by atoms with Crippen molar-refractivity contribution in [2.24, 2.45) is 5.11 Å². The number of aliphatic hydroxyl groups excluding tert-OH is 1. The average molecular weight is 1350 g/mol. The Labute approximate surface area is 564 Å². The number of azide groups is 1. The first-order chi connectivity index (χ1) is 47.9. The molecule has 0 saturated carbocycles. The lowest BCUT2D eigenvalue weighted by Crippen LogP contribution is -2.69. The van der Waals surface area contributed by atoms with E-state index in [-0.39, 0.29) is 44.0 Å². The molecule has 5 saturated heterocycles. The molecule has 5 heterocycles. The number of methoxy groups -OCH3 is 3. The number of amides is 1. The molecule has 0 aromatic heterocycles. The first-order valence-corrected chi connectivity index (χ1v) is 31.9. The van der Waals surface area contributed by atoms with Crippen LogP contribution in [0.1, 0.15) is 56.3 Å². The van der Waals surface area contributed by atoms with Crippen molar-refractivity contribution in [1.29, 1.82) is 0 Å². The van der Waals surface area contributed by atoms with Crippen LogP contribution >= 0.6 is 0 Å². The summed E-state index contributed by atoms with van der Waals surface area (Å²) in [7, 11) is 3.56. The van der Waals surface area contributed by atoms with E-state index in [1.807, 2.05) is 66.7 Å². The maximum absolute atomic E-state index is 14.8. The first kappa shape index (κ1) is 70.6. The number of carbonyl (C=O) groups is 5. The van der Waals surface area contributed by atoms with Crippen LogP contribution in [0.15, 0.2) is 187 Å². The van der Waals surface area contributed by atoms with Crippen molar-refractivity contribution in [1.82, 2.24) is 5.32 Å². The summed E-state index contributed by atoms with van der Waals surface area (Å²) < 4.78 is 109. The SMILES string of the molecule is CCC1O[C@@H](O[C@H]2C(C(=O)OC)O[C@@H](O[C@H]3C(COC(=O)c4ccccc4)O[C@@H](OC)C(N=[N+]=[N-])[C@H]3OCc3ccccc3)C(OC(=O)c3ccccc3)[C@@H]2OCc2ccccc2)C2NC(=O)O[C@H]2[C@H]1O[C@@H]1OC(C(=O)OC)[C@H](O)[C@H](OCc2ccccc2)C1OCc1ccccc1. The van der Waals surface area contributed by atoms with Crippen LogP contribution in [0.4, 0.5) is 4.79 Å². The highest BCUT2D eigenvalue weighted by molar-refractivity contribution is 5.90. The number of nitrogens with zero attached hydrogens (tertiary/aromatic N) is 3. The van der Waals surface area contributed by atoms with Crippen molar-refractivity contribution in [3.63, 3.8) is 0 Å². The standard InChI is InChI=1S/C71H76N4O23/c1-5-47-52(93-69-61(88-39-44-30-18-9-19-31-44)56(51(76)57(95-69)65(79)82-2)86-37-42-26-14-7-15-27-42)55-49(73-71(81)98-55)68(90-47)96-59-58(87-38-43-28-16-8-17-29-43)62(92-64(78)46-34-22-11-23-35-46)70(97-60(59)66(80)83-3)94-53-48(40-89-63(77)45-32-20-10-21-33-45)91-67(84-4)50(74-75-72)54(53)85-36-41-24-12-6-13-25-41/h6-35,47-62,67-70,76H,5,36-40H2,1-4H3,(H,73,81)/t47?,48?,49?,50?,51-,52+,53+,54-,55-,56+,57?,58-,59-,60?,61?,62?,67-,68+,69-,70-/m1/s1. The van der Waals surface area contributed by atoms with Crippen LogP contribution in [0.25, 0.3) is 10.4 Å². The van der Waals surface area contributed by atoms with E-state index in [4.69, 9.17) is 80.5 Å². The zero-order chi connectivity index (χ0) is 68.5. The highest BCUT2D eigenvalue weighted by Gasteiger charge is 2.62. The van der Waals surface area contributed by atoms with E-state index >= 15 is 0 Å². The molecule has 6 aromatic rings. The molecule has 2 N–H and O–H groups in total. The molecule has 5 aliphatic rings. The highest BCUT2D eigenvalue weighted by Crippen LogP contribution is 2.41. The lowest BCUT2D eigenvalue weighted by molar-refractivity contribution is -0.373. The number of nitrogens with one attached hydrogen (secondary N) is 1. The summed E-state index contributed by atoms with van der Waals surface area (Å²) >= 11 is 0. The van der Waals surface area contributed by atoms with Crippen molar-refractivity contribution in [3.8, 4) is 0 Å². The monoisotopic (exact) mass is 1350 g/mol. The summed E-state index contributed by atoms with van der Waals surface area (Å²) in [5.41, 5.74) is 13.2. The number of ether oxygens (including phenoxy) is 17. The predicted octanol–water partition coefficient (Wildman–Crippen LogP) is 7.39. The number of rotatable bonds is 28. The number of fused-ring (bicyclic) bond motifs is 1. The van der Waals surface area contributed by atoms with Crippen molar-refractivity contribution in [2.45, 2.75) is 162 Å². The van der Waals surface area contributed by atoms with E-state index in [1.165, 1.54) is 19.2 Å². The van der Waals surface area contributed by atoms with Gasteiger partial charge in [-0.1, -0.05) is 170 Å². The summed E-state index contributed by atoms with van der Waals surface area (Å²) in [5.74, 6) is -3.67. The largest absolute Gasteiger partial charge is 0.467 e. The van der Waals surface area contributed by atoms with Gasteiger partial charge in [-0.25, -0.2) is 24.0 Å². The van der Waals surface area contributed by atoms with Crippen LogP contribution in [-0.2, 0) is 117 Å². The Balaban J connectivity index is 0.965. The lowest BCUT2D eigenvalue weighted by atomic mass is 9.93. The second-order valence-electron chi connectivity index (χ2n) is 23.4. The van der Waals surface area contributed by atoms with Crippen LogP contribution < -0.4 is 5.32 Å². The van der Waals surface area contributed by atoms with E-state index in [9.17, 15) is 34.6 Å². The Morgan fingerprint density at radius 2 is 0.949 bits per heavy atom. The van der Waals surface area contributed by atoms with E-state index in [0.717, 1.165) is 25.3 Å². The molecule has 0 radical (unpaired) electrons. The summed E-state index contributed by atoms with van der Waals surface area (Å²) in [6.07, 6.45) is -28.2. The van der Waals surface area contributed by atoms with Gasteiger partial charge in [-0.3, -0.25) is 0 Å². The molecule has 11 rings (SSSR count). The number of hydrogen-bond donors (Lipinski definition) is 2. The third-order valence-electron chi connectivity index (χ3n) is 17.1. The van der Waals surface area contributed by atoms with Crippen LogP contribution in [0.5, 0.6) is 0 Å². The minimum atomic E-state index is -1.92. The van der Waals surface area contributed by atoms with Gasteiger partial charge in [0.25, 0.3) is 0 Å². The maximum atomic E-state index is 14.8. The Morgan fingerprint density at radius 1 is 0.500 bits per heavy atom. The van der Waals surface area contributed by atoms with Gasteiger partial charge < -0.3 is 90.9 Å². The molecule has 0 spiro atoms. The third kappa shape index (κ3) is 17.0. The Bertz CT molecular complexity index is 3590. The topological polar surface area (TPSA) is 323 Å². The molecule has 5 aliphatic heterocycles. The maximum Gasteiger partial charge on any atom is 0.408 e. The summed E-state index contributed by atoms with van der Waals surface area (Å²) in [6, 6.07) is 49.7. The normalized spacial score (nSPS) is 30.4. The zero-order valence-corrected chi connectivity index (χ0v) is 53.9. The Hall–Kier alpha value is -8.74. The molecule has 5 fully saturated rings. The Kier molecular flexibility index (Phi) is 24.6. The summed E-state index contributed by atoms with van der Waals surface area (Å²) in [4.78, 5) is 73.9. The zero-order valence-electron chi connectivity index (χ0n) is 53.9. The van der Waals surface area contributed by atoms with Crippen LogP contribution in [0.3, 0.4) is 0 Å². The third-order valence-corrected chi connectivity index (χ3v) is 17.1. The van der Waals surface area contributed by atoms with Gasteiger partial charge in [-0.05, 0) is 58.5 Å². The van der Waals surface area contributed by atoms with Crippen molar-refractivity contribution in [3.05, 3.63) is 226 Å². The molecule has 27 nitrogen and oxygen atoms in total. The molecular weight excluding hydrogens is 1280 g/mol. The molecule has 27 heteroatoms. The quantitative estimate of drug-likeness (QED) is 0.0159. The fourth-order valence-electron chi connectivity index (χ4n) is 12.3. The van der Waals surface area contributed by atoms with Gasteiger partial charge in [0, 0.05) is 12.0 Å². The number of hydrogen-bond acceptors (Lipinski definition) is 24. The minimum Gasteiger partial charge on any atom is -0.467 e. The second-order valence-corrected chi connectivity index (χ2v) is 23.4. The number of alkyl carbamates (subject to hydrolysis) is 1. The molecule has 0 aliphatic carbocycles.